The van der Waals surface area contributed by atoms with Crippen molar-refractivity contribution in [1.29, 1.82) is 0 Å². The molecule has 0 aliphatic carbocycles. The second-order valence-electron chi connectivity index (χ2n) is 4.20. The highest BCUT2D eigenvalue weighted by atomic mass is 16.6. The van der Waals surface area contributed by atoms with Gasteiger partial charge in [-0.3, -0.25) is 4.98 Å². The summed E-state index contributed by atoms with van der Waals surface area (Å²) in [5, 5.41) is 1.67. The molecule has 18 heavy (non-hydrogen) atoms. The zero-order chi connectivity index (χ0) is 11.9. The number of ether oxygens (including phenoxy) is 1. The number of hydrogen-bond donors (Lipinski definition) is 1. The Bertz CT molecular complexity index is 706. The van der Waals surface area contributed by atoms with Gasteiger partial charge in [0.15, 0.2) is 5.82 Å². The fourth-order valence-corrected chi connectivity index (χ4v) is 2.21. The zero-order valence-electron chi connectivity index (χ0n) is 9.51. The van der Waals surface area contributed by atoms with Crippen molar-refractivity contribution in [2.75, 3.05) is 6.61 Å². The molecule has 0 spiro atoms. The second kappa shape index (κ2) is 3.64. The molecule has 3 aliphatic rings. The Morgan fingerprint density at radius 3 is 3.17 bits per heavy atom. The number of allylic oxidation sites excluding steroid dienone is 1. The molecule has 0 amide bonds. The highest BCUT2D eigenvalue weighted by Gasteiger charge is 2.18. The van der Waals surface area contributed by atoms with Crippen LogP contribution in [0.4, 0.5) is 0 Å². The van der Waals surface area contributed by atoms with Crippen LogP contribution >= 0.6 is 0 Å². The molecular weight excluding hydrogens is 232 g/mol. The van der Waals surface area contributed by atoms with Crippen molar-refractivity contribution >= 4 is 0 Å². The first-order valence-electron chi connectivity index (χ1n) is 5.76. The summed E-state index contributed by atoms with van der Waals surface area (Å²) < 4.78 is 5.47. The van der Waals surface area contributed by atoms with Crippen LogP contribution in [0.1, 0.15) is 11.3 Å². The molecule has 0 saturated carbocycles. The highest BCUT2D eigenvalue weighted by Crippen LogP contribution is 2.14. The number of nitrogens with one attached hydrogen (secondary N) is 1. The fraction of sp³-hybridized carbons (Fsp3) is 0.250. The first-order valence-corrected chi connectivity index (χ1v) is 5.76. The lowest BCUT2D eigenvalue weighted by Gasteiger charge is -2.14. The number of fused-ring (bicyclic) bond motifs is 3. The highest BCUT2D eigenvalue weighted by molar-refractivity contribution is 5.29. The van der Waals surface area contributed by atoms with Crippen LogP contribution in [0.3, 0.4) is 0 Å². The van der Waals surface area contributed by atoms with E-state index < -0.39 is 0 Å². The maximum absolute atomic E-state index is 5.47. The molecule has 90 valence electrons. The smallest absolute Gasteiger partial charge is 0.180 e. The van der Waals surface area contributed by atoms with Gasteiger partial charge in [-0.05, 0) is 0 Å². The van der Waals surface area contributed by atoms with Gasteiger partial charge in [0.05, 0.1) is 25.1 Å². The lowest BCUT2D eigenvalue weighted by molar-refractivity contribution is 0.108. The largest absolute Gasteiger partial charge is 0.390 e. The summed E-state index contributed by atoms with van der Waals surface area (Å²) >= 11 is 0. The van der Waals surface area contributed by atoms with Crippen molar-refractivity contribution in [2.45, 2.75) is 13.0 Å². The van der Waals surface area contributed by atoms with Gasteiger partial charge in [0.1, 0.15) is 22.7 Å². The Balaban J connectivity index is 1.95. The summed E-state index contributed by atoms with van der Waals surface area (Å²) in [6.07, 6.45) is 5.97. The summed E-state index contributed by atoms with van der Waals surface area (Å²) in [4.78, 5) is 18.3. The van der Waals surface area contributed by atoms with Crippen molar-refractivity contribution in [2.24, 2.45) is 9.98 Å². The maximum atomic E-state index is 5.47. The first kappa shape index (κ1) is 9.78. The molecule has 6 heteroatoms. The fourth-order valence-electron chi connectivity index (χ4n) is 2.21. The Morgan fingerprint density at radius 2 is 2.28 bits per heavy atom. The van der Waals surface area contributed by atoms with Gasteiger partial charge in [-0.2, -0.15) is 0 Å². The van der Waals surface area contributed by atoms with Crippen molar-refractivity contribution < 1.29 is 9.57 Å². The van der Waals surface area contributed by atoms with Crippen LogP contribution < -0.4 is 16.2 Å². The molecule has 0 atom stereocenters. The average molecular weight is 242 g/mol. The molecule has 0 bridgehead atoms. The minimum absolute atomic E-state index is 0.562. The molecule has 1 aromatic heterocycles. The minimum atomic E-state index is 0.562. The van der Waals surface area contributed by atoms with E-state index in [9.17, 15) is 0 Å². The maximum Gasteiger partial charge on any atom is 0.180 e. The zero-order valence-corrected chi connectivity index (χ0v) is 9.51. The predicted octanol–water partition coefficient (Wildman–Crippen LogP) is -0.375. The minimum Gasteiger partial charge on any atom is -0.390 e. The van der Waals surface area contributed by atoms with Gasteiger partial charge < -0.3 is 9.57 Å². The summed E-state index contributed by atoms with van der Waals surface area (Å²) in [6.45, 7) is 1.29. The van der Waals surface area contributed by atoms with Crippen LogP contribution in [0, 0.1) is 0 Å². The molecule has 4 rings (SSSR count). The molecule has 6 nitrogen and oxygen atoms in total. The van der Waals surface area contributed by atoms with E-state index in [-0.39, 0.29) is 0 Å². The lowest BCUT2D eigenvalue weighted by Crippen LogP contribution is -2.32. The summed E-state index contributed by atoms with van der Waals surface area (Å²) in [6, 6.07) is 0. The second-order valence-corrected chi connectivity index (χ2v) is 4.20. The molecular formula is C12H10N4O2. The summed E-state index contributed by atoms with van der Waals surface area (Å²) in [5.74, 6) is 0.625. The third-order valence-electron chi connectivity index (χ3n) is 3.11. The van der Waals surface area contributed by atoms with Crippen molar-refractivity contribution in [3.8, 4) is 0 Å². The van der Waals surface area contributed by atoms with Crippen LogP contribution in [0.25, 0.3) is 0 Å². The number of pyridine rings is 1. The first-order chi connectivity index (χ1) is 8.92. The Labute approximate surface area is 102 Å². The van der Waals surface area contributed by atoms with E-state index in [1.54, 1.807) is 18.5 Å². The molecule has 0 radical (unpaired) electrons. The SMILES string of the molecule is C1=C/C(=C2\N=c3cnc4c(c3=N2)COCC4)NO1. The number of rotatable bonds is 0. The molecule has 4 heterocycles. The standard InChI is InChI=1S/C12H10N4O2/c1-3-17-6-7-8(1)13-5-10-11(7)15-12(14-10)9-2-4-18-16-9/h2,4-5,16H,1,3,6H2/b12-9-. The Morgan fingerprint density at radius 1 is 1.28 bits per heavy atom. The van der Waals surface area contributed by atoms with Gasteiger partial charge in [-0.1, -0.05) is 0 Å². The van der Waals surface area contributed by atoms with Crippen molar-refractivity contribution in [3.05, 3.63) is 52.0 Å². The van der Waals surface area contributed by atoms with Gasteiger partial charge in [-0.15, -0.1) is 0 Å². The monoisotopic (exact) mass is 242 g/mol. The third kappa shape index (κ3) is 1.36. The van der Waals surface area contributed by atoms with Gasteiger partial charge >= 0.3 is 0 Å². The number of nitrogens with zero attached hydrogens (tertiary/aromatic N) is 3. The van der Waals surface area contributed by atoms with Crippen LogP contribution in [0.15, 0.2) is 40.0 Å². The van der Waals surface area contributed by atoms with Gasteiger partial charge in [0.25, 0.3) is 0 Å². The predicted molar refractivity (Wildman–Crippen MR) is 60.3 cm³/mol. The van der Waals surface area contributed by atoms with Crippen LogP contribution in [-0.4, -0.2) is 11.6 Å². The quantitative estimate of drug-likeness (QED) is 0.673. The van der Waals surface area contributed by atoms with Crippen molar-refractivity contribution in [3.63, 3.8) is 0 Å². The van der Waals surface area contributed by atoms with E-state index in [0.717, 1.165) is 40.7 Å². The average Bonchev–Trinajstić information content (AvgIpc) is 3.07. The molecule has 3 aliphatic heterocycles. The van der Waals surface area contributed by atoms with Crippen LogP contribution in [0.5, 0.6) is 0 Å². The topological polar surface area (TPSA) is 68.1 Å². The van der Waals surface area contributed by atoms with Crippen LogP contribution in [0.2, 0.25) is 0 Å². The van der Waals surface area contributed by atoms with E-state index in [1.807, 2.05) is 0 Å². The van der Waals surface area contributed by atoms with Crippen LogP contribution in [-0.2, 0) is 22.6 Å². The third-order valence-corrected chi connectivity index (χ3v) is 3.11. The normalized spacial score (nSPS) is 23.6. The molecule has 0 fully saturated rings. The van der Waals surface area contributed by atoms with E-state index in [2.05, 4.69) is 20.4 Å². The van der Waals surface area contributed by atoms with E-state index in [0.29, 0.717) is 12.4 Å². The lowest BCUT2D eigenvalue weighted by atomic mass is 10.1. The molecule has 0 unspecified atom stereocenters. The Hall–Kier alpha value is -2.21. The van der Waals surface area contributed by atoms with Gasteiger partial charge in [0.2, 0.25) is 0 Å². The van der Waals surface area contributed by atoms with E-state index in [1.165, 1.54) is 0 Å². The molecule has 0 saturated heterocycles. The molecule has 1 aromatic rings. The molecule has 0 aromatic carbocycles. The summed E-state index contributed by atoms with van der Waals surface area (Å²) in [5.41, 5.74) is 5.63. The molecule has 1 N–H and O–H groups in total. The van der Waals surface area contributed by atoms with Crippen molar-refractivity contribution in [1.82, 2.24) is 10.5 Å². The number of hydroxylamine groups is 1. The number of hydrogen-bond acceptors (Lipinski definition) is 6. The van der Waals surface area contributed by atoms with E-state index >= 15 is 0 Å². The Kier molecular flexibility index (Phi) is 1.98. The van der Waals surface area contributed by atoms with Gasteiger partial charge in [0, 0.05) is 18.1 Å². The summed E-state index contributed by atoms with van der Waals surface area (Å²) in [7, 11) is 0. The van der Waals surface area contributed by atoms with Gasteiger partial charge in [-0.25, -0.2) is 15.5 Å². The number of aromatic nitrogens is 1. The van der Waals surface area contributed by atoms with E-state index in [4.69, 9.17) is 9.57 Å².